The lowest BCUT2D eigenvalue weighted by Gasteiger charge is -2.31. The monoisotopic (exact) mass is 450 g/mol. The molecule has 0 aliphatic rings. The summed E-state index contributed by atoms with van der Waals surface area (Å²) in [7, 11) is 0. The molecule has 0 aliphatic heterocycles. The second-order valence-electron chi connectivity index (χ2n) is 7.11. The molecule has 2 aromatic rings. The van der Waals surface area contributed by atoms with Crippen LogP contribution in [0, 0.1) is 0 Å². The highest BCUT2D eigenvalue weighted by atomic mass is 35.5. The van der Waals surface area contributed by atoms with Crippen LogP contribution < -0.4 is 10.1 Å². The van der Waals surface area contributed by atoms with Gasteiger partial charge in [0.1, 0.15) is 11.8 Å². The Morgan fingerprint density at radius 1 is 1.03 bits per heavy atom. The molecule has 0 unspecified atom stereocenters. The Kier molecular flexibility index (Phi) is 9.47. The van der Waals surface area contributed by atoms with Crippen molar-refractivity contribution in [1.82, 2.24) is 10.2 Å². The van der Waals surface area contributed by atoms with E-state index in [2.05, 4.69) is 5.32 Å². The van der Waals surface area contributed by atoms with E-state index in [1.165, 1.54) is 0 Å². The summed E-state index contributed by atoms with van der Waals surface area (Å²) in [5, 5.41) is 3.81. The molecule has 162 valence electrons. The molecule has 0 fully saturated rings. The topological polar surface area (TPSA) is 58.6 Å². The van der Waals surface area contributed by atoms with E-state index in [4.69, 9.17) is 27.9 Å². The number of carbonyl (C=O) groups is 2. The second-order valence-corrected chi connectivity index (χ2v) is 7.93. The number of hydrogen-bond donors (Lipinski definition) is 1. The Labute approximate surface area is 188 Å². The fourth-order valence-corrected chi connectivity index (χ4v) is 3.26. The molecule has 2 aromatic carbocycles. The van der Waals surface area contributed by atoms with Gasteiger partial charge >= 0.3 is 0 Å². The Balaban J connectivity index is 2.23. The van der Waals surface area contributed by atoms with Crippen molar-refractivity contribution in [3.8, 4) is 5.75 Å². The number of carbonyl (C=O) groups excluding carboxylic acids is 2. The number of benzene rings is 2. The summed E-state index contributed by atoms with van der Waals surface area (Å²) in [6.07, 6.45) is 1.28. The third-order valence-corrected chi connectivity index (χ3v) is 5.57. The second kappa shape index (κ2) is 11.8. The molecule has 2 atom stereocenters. The van der Waals surface area contributed by atoms with Crippen molar-refractivity contribution < 1.29 is 14.3 Å². The highest BCUT2D eigenvalue weighted by Crippen LogP contribution is 2.24. The van der Waals surface area contributed by atoms with Gasteiger partial charge in [-0.25, -0.2) is 0 Å². The van der Waals surface area contributed by atoms with Crippen molar-refractivity contribution in [2.75, 3.05) is 6.61 Å². The van der Waals surface area contributed by atoms with Gasteiger partial charge < -0.3 is 15.0 Å². The molecule has 0 saturated heterocycles. The van der Waals surface area contributed by atoms with Gasteiger partial charge in [-0.3, -0.25) is 9.59 Å². The van der Waals surface area contributed by atoms with E-state index in [1.54, 1.807) is 35.2 Å². The number of ether oxygens (including phenoxy) is 1. The minimum absolute atomic E-state index is 0.0223. The first kappa shape index (κ1) is 24.0. The molecule has 5 nitrogen and oxygen atoms in total. The van der Waals surface area contributed by atoms with E-state index < -0.39 is 6.04 Å². The Hall–Kier alpha value is -2.24. The fourth-order valence-electron chi connectivity index (χ4n) is 2.94. The van der Waals surface area contributed by atoms with Gasteiger partial charge in [-0.2, -0.15) is 0 Å². The molecule has 0 aliphatic carbocycles. The minimum Gasteiger partial charge on any atom is -0.484 e. The number of amides is 2. The van der Waals surface area contributed by atoms with Crippen molar-refractivity contribution in [3.63, 3.8) is 0 Å². The third-order valence-electron chi connectivity index (χ3n) is 4.83. The minimum atomic E-state index is -0.625. The number of hydrogen-bond acceptors (Lipinski definition) is 3. The summed E-state index contributed by atoms with van der Waals surface area (Å²) in [6, 6.07) is 13.7. The van der Waals surface area contributed by atoms with Gasteiger partial charge in [-0.1, -0.05) is 61.3 Å². The molecule has 0 aromatic heterocycles. The molecule has 0 spiro atoms. The molecule has 0 heterocycles. The Morgan fingerprint density at radius 3 is 2.33 bits per heavy atom. The zero-order valence-corrected chi connectivity index (χ0v) is 19.0. The van der Waals surface area contributed by atoms with Gasteiger partial charge in [-0.15, -0.1) is 0 Å². The quantitative estimate of drug-likeness (QED) is 0.547. The van der Waals surface area contributed by atoms with Crippen LogP contribution in [0.3, 0.4) is 0 Å². The molecule has 1 N–H and O–H groups in total. The molecule has 0 saturated carbocycles. The van der Waals surface area contributed by atoms with Crippen LogP contribution in [-0.4, -0.2) is 35.4 Å². The molecule has 2 amide bonds. The maximum absolute atomic E-state index is 13.1. The van der Waals surface area contributed by atoms with Crippen LogP contribution in [0.25, 0.3) is 0 Å². The van der Waals surface area contributed by atoms with Crippen LogP contribution in [0.5, 0.6) is 5.75 Å². The van der Waals surface area contributed by atoms with Crippen LogP contribution in [-0.2, 0) is 16.1 Å². The Bertz CT molecular complexity index is 846. The Morgan fingerprint density at radius 2 is 1.73 bits per heavy atom. The van der Waals surface area contributed by atoms with Gasteiger partial charge in [-0.05, 0) is 49.6 Å². The molecular weight excluding hydrogens is 423 g/mol. The first-order valence-corrected chi connectivity index (χ1v) is 10.8. The molecule has 2 rings (SSSR count). The summed E-state index contributed by atoms with van der Waals surface area (Å²) < 4.78 is 5.64. The fraction of sp³-hybridized carbons (Fsp3) is 0.391. The summed E-state index contributed by atoms with van der Waals surface area (Å²) in [4.78, 5) is 27.5. The van der Waals surface area contributed by atoms with Crippen molar-refractivity contribution in [2.45, 2.75) is 52.2 Å². The number of rotatable bonds is 10. The smallest absolute Gasteiger partial charge is 0.261 e. The van der Waals surface area contributed by atoms with Gasteiger partial charge in [0.15, 0.2) is 6.61 Å². The van der Waals surface area contributed by atoms with Crippen LogP contribution in [0.15, 0.2) is 48.5 Å². The molecule has 30 heavy (non-hydrogen) atoms. The molecular formula is C23H28Cl2N2O3. The predicted molar refractivity (Wildman–Crippen MR) is 121 cm³/mol. The van der Waals surface area contributed by atoms with E-state index in [9.17, 15) is 9.59 Å². The lowest BCUT2D eigenvalue weighted by molar-refractivity contribution is -0.143. The van der Waals surface area contributed by atoms with Crippen LogP contribution in [0.1, 0.15) is 39.2 Å². The van der Waals surface area contributed by atoms with Crippen molar-refractivity contribution in [2.24, 2.45) is 0 Å². The lowest BCUT2D eigenvalue weighted by Crippen LogP contribution is -2.51. The van der Waals surface area contributed by atoms with E-state index in [1.807, 2.05) is 39.0 Å². The van der Waals surface area contributed by atoms with Crippen LogP contribution in [0.2, 0.25) is 10.0 Å². The van der Waals surface area contributed by atoms with Gasteiger partial charge in [0, 0.05) is 12.6 Å². The molecule has 0 radical (unpaired) electrons. The highest BCUT2D eigenvalue weighted by Gasteiger charge is 2.29. The van der Waals surface area contributed by atoms with Gasteiger partial charge in [0.2, 0.25) is 5.91 Å². The summed E-state index contributed by atoms with van der Waals surface area (Å²) in [5.74, 6) is 0.133. The van der Waals surface area contributed by atoms with Gasteiger partial charge in [0.25, 0.3) is 5.91 Å². The third kappa shape index (κ3) is 6.92. The summed E-state index contributed by atoms with van der Waals surface area (Å²) in [5.41, 5.74) is 0.784. The number of nitrogens with one attached hydrogen (secondary N) is 1. The lowest BCUT2D eigenvalue weighted by atomic mass is 10.1. The average Bonchev–Trinajstić information content (AvgIpc) is 2.75. The van der Waals surface area contributed by atoms with Crippen LogP contribution in [0.4, 0.5) is 0 Å². The predicted octanol–water partition coefficient (Wildman–Crippen LogP) is 5.09. The summed E-state index contributed by atoms with van der Waals surface area (Å²) in [6.45, 7) is 5.87. The normalized spacial score (nSPS) is 12.7. The largest absolute Gasteiger partial charge is 0.484 e. The molecule has 7 heteroatoms. The summed E-state index contributed by atoms with van der Waals surface area (Å²) >= 11 is 12.2. The van der Waals surface area contributed by atoms with Crippen molar-refractivity contribution in [1.29, 1.82) is 0 Å². The molecule has 0 bridgehead atoms. The first-order valence-electron chi connectivity index (χ1n) is 10.1. The van der Waals surface area contributed by atoms with Crippen LogP contribution >= 0.6 is 23.2 Å². The van der Waals surface area contributed by atoms with E-state index >= 15 is 0 Å². The van der Waals surface area contributed by atoms with E-state index in [0.717, 1.165) is 12.0 Å². The SMILES string of the molecule is CC[C@@H](C)NC(=O)[C@H](CC)N(Cc1ccc(Cl)c(Cl)c1)C(=O)COc1ccccc1. The van der Waals surface area contributed by atoms with Crippen molar-refractivity contribution >= 4 is 35.0 Å². The zero-order chi connectivity index (χ0) is 22.1. The maximum atomic E-state index is 13.1. The zero-order valence-electron chi connectivity index (χ0n) is 17.5. The van der Waals surface area contributed by atoms with E-state index in [-0.39, 0.29) is 31.0 Å². The highest BCUT2D eigenvalue weighted by molar-refractivity contribution is 6.42. The first-order chi connectivity index (χ1) is 14.3. The standard InChI is InChI=1S/C23H28Cl2N2O3/c1-4-16(3)26-23(29)21(5-2)27(14-17-11-12-19(24)20(25)13-17)22(28)15-30-18-9-7-6-8-10-18/h6-13,16,21H,4-5,14-15H2,1-3H3,(H,26,29)/t16-,21+/m1/s1. The maximum Gasteiger partial charge on any atom is 0.261 e. The average molecular weight is 451 g/mol. The van der Waals surface area contributed by atoms with E-state index in [0.29, 0.717) is 22.2 Å². The number of nitrogens with zero attached hydrogens (tertiary/aromatic N) is 1. The number of para-hydroxylation sites is 1. The van der Waals surface area contributed by atoms with Crippen molar-refractivity contribution in [3.05, 3.63) is 64.1 Å². The van der Waals surface area contributed by atoms with Gasteiger partial charge in [0.05, 0.1) is 10.0 Å². The number of halogens is 2.